The molecule has 0 bridgehead atoms. The number of methoxy groups -OCH3 is 1. The molecule has 0 radical (unpaired) electrons. The third kappa shape index (κ3) is 5.27. The van der Waals surface area contributed by atoms with Gasteiger partial charge in [0.2, 0.25) is 11.7 Å². The van der Waals surface area contributed by atoms with Crippen molar-refractivity contribution in [1.29, 1.82) is 0 Å². The summed E-state index contributed by atoms with van der Waals surface area (Å²) in [5.41, 5.74) is 0.967. The summed E-state index contributed by atoms with van der Waals surface area (Å²) in [5.74, 6) is -1.13. The number of para-hydroxylation sites is 1. The molecule has 1 atom stereocenters. The van der Waals surface area contributed by atoms with Crippen molar-refractivity contribution < 1.29 is 28.7 Å². The SMILES string of the molecule is COc1ccccc1C(=O)COC(=O)c1ccc(N2C(=O)CC(N(C)C3CCCCC3)C2=O)cc1. The van der Waals surface area contributed by atoms with Crippen molar-refractivity contribution in [3.05, 3.63) is 59.7 Å². The highest BCUT2D eigenvalue weighted by molar-refractivity contribution is 6.22. The van der Waals surface area contributed by atoms with Crippen molar-refractivity contribution in [3.63, 3.8) is 0 Å². The van der Waals surface area contributed by atoms with Gasteiger partial charge in [-0.15, -0.1) is 0 Å². The third-order valence-electron chi connectivity index (χ3n) is 6.87. The summed E-state index contributed by atoms with van der Waals surface area (Å²) < 4.78 is 10.3. The van der Waals surface area contributed by atoms with Gasteiger partial charge in [0.15, 0.2) is 6.61 Å². The molecule has 1 saturated heterocycles. The first kappa shape index (κ1) is 24.6. The highest BCUT2D eigenvalue weighted by atomic mass is 16.5. The van der Waals surface area contributed by atoms with E-state index < -0.39 is 18.6 Å². The topological polar surface area (TPSA) is 93.2 Å². The van der Waals surface area contributed by atoms with Crippen LogP contribution < -0.4 is 9.64 Å². The first-order chi connectivity index (χ1) is 16.9. The van der Waals surface area contributed by atoms with E-state index in [0.717, 1.165) is 25.7 Å². The Kier molecular flexibility index (Phi) is 7.60. The van der Waals surface area contributed by atoms with Gasteiger partial charge in [0.05, 0.1) is 36.4 Å². The molecule has 2 aliphatic rings. The molecule has 184 valence electrons. The second kappa shape index (κ2) is 10.8. The number of esters is 1. The average Bonchev–Trinajstić information content (AvgIpc) is 3.20. The summed E-state index contributed by atoms with van der Waals surface area (Å²) in [4.78, 5) is 53.9. The van der Waals surface area contributed by atoms with E-state index in [9.17, 15) is 19.2 Å². The molecule has 1 saturated carbocycles. The van der Waals surface area contributed by atoms with Crippen LogP contribution in [0, 0.1) is 0 Å². The summed E-state index contributed by atoms with van der Waals surface area (Å²) in [6.45, 7) is -0.431. The molecule has 8 heteroatoms. The van der Waals surface area contributed by atoms with E-state index in [2.05, 4.69) is 4.90 Å². The number of likely N-dealkylation sites (N-methyl/N-ethyl adjacent to an activating group) is 1. The van der Waals surface area contributed by atoms with E-state index >= 15 is 0 Å². The molecule has 1 heterocycles. The Morgan fingerprint density at radius 2 is 1.69 bits per heavy atom. The van der Waals surface area contributed by atoms with E-state index in [-0.39, 0.29) is 29.6 Å². The molecule has 2 amide bonds. The first-order valence-electron chi connectivity index (χ1n) is 11.9. The maximum absolute atomic E-state index is 13.1. The van der Waals surface area contributed by atoms with Gasteiger partial charge >= 0.3 is 5.97 Å². The summed E-state index contributed by atoms with van der Waals surface area (Å²) in [6.07, 6.45) is 5.76. The summed E-state index contributed by atoms with van der Waals surface area (Å²) in [7, 11) is 3.40. The molecule has 8 nitrogen and oxygen atoms in total. The third-order valence-corrected chi connectivity index (χ3v) is 6.87. The van der Waals surface area contributed by atoms with Crippen LogP contribution >= 0.6 is 0 Å². The van der Waals surface area contributed by atoms with Crippen LogP contribution in [0.2, 0.25) is 0 Å². The maximum atomic E-state index is 13.1. The molecule has 35 heavy (non-hydrogen) atoms. The molecular weight excluding hydrogens is 448 g/mol. The summed E-state index contributed by atoms with van der Waals surface area (Å²) in [5, 5.41) is 0. The predicted molar refractivity (Wildman–Crippen MR) is 130 cm³/mol. The summed E-state index contributed by atoms with van der Waals surface area (Å²) >= 11 is 0. The van der Waals surface area contributed by atoms with Gasteiger partial charge in [0, 0.05) is 6.04 Å². The van der Waals surface area contributed by atoms with E-state index in [1.807, 2.05) is 7.05 Å². The van der Waals surface area contributed by atoms with E-state index in [1.54, 1.807) is 36.4 Å². The fraction of sp³-hybridized carbons (Fsp3) is 0.407. The maximum Gasteiger partial charge on any atom is 0.338 e. The Bertz CT molecular complexity index is 1110. The zero-order chi connectivity index (χ0) is 24.9. The molecule has 2 aromatic rings. The molecule has 1 aliphatic carbocycles. The Hall–Kier alpha value is -3.52. The Balaban J connectivity index is 1.38. The quantitative estimate of drug-likeness (QED) is 0.325. The lowest BCUT2D eigenvalue weighted by molar-refractivity contribution is -0.123. The molecule has 0 N–H and O–H groups in total. The number of hydrogen-bond donors (Lipinski definition) is 0. The normalized spacial score (nSPS) is 18.7. The largest absolute Gasteiger partial charge is 0.496 e. The number of carbonyl (C=O) groups excluding carboxylic acids is 4. The van der Waals surface area contributed by atoms with Crippen molar-refractivity contribution in [2.45, 2.75) is 50.6 Å². The van der Waals surface area contributed by atoms with Crippen LogP contribution in [0.4, 0.5) is 5.69 Å². The van der Waals surface area contributed by atoms with Gasteiger partial charge in [0.1, 0.15) is 5.75 Å². The fourth-order valence-corrected chi connectivity index (χ4v) is 4.86. The lowest BCUT2D eigenvalue weighted by Gasteiger charge is -2.34. The summed E-state index contributed by atoms with van der Waals surface area (Å²) in [6, 6.07) is 12.7. The van der Waals surface area contributed by atoms with Crippen LogP contribution in [0.5, 0.6) is 5.75 Å². The van der Waals surface area contributed by atoms with E-state index in [1.165, 1.54) is 30.6 Å². The molecule has 2 aromatic carbocycles. The van der Waals surface area contributed by atoms with Crippen molar-refractivity contribution in [3.8, 4) is 5.75 Å². The predicted octanol–water partition coefficient (Wildman–Crippen LogP) is 3.63. The van der Waals surface area contributed by atoms with Crippen molar-refractivity contribution in [1.82, 2.24) is 4.90 Å². The molecular formula is C27H30N2O6. The van der Waals surface area contributed by atoms with Crippen LogP contribution in [0.25, 0.3) is 0 Å². The number of carbonyl (C=O) groups is 4. The van der Waals surface area contributed by atoms with Crippen molar-refractivity contribution in [2.24, 2.45) is 0 Å². The number of benzene rings is 2. The van der Waals surface area contributed by atoms with E-state index in [4.69, 9.17) is 9.47 Å². The Morgan fingerprint density at radius 1 is 1.00 bits per heavy atom. The fourth-order valence-electron chi connectivity index (χ4n) is 4.86. The van der Waals surface area contributed by atoms with Crippen LogP contribution in [0.1, 0.15) is 59.2 Å². The van der Waals surface area contributed by atoms with Gasteiger partial charge in [0.25, 0.3) is 5.91 Å². The molecule has 2 fully saturated rings. The number of ether oxygens (including phenoxy) is 2. The minimum absolute atomic E-state index is 0.153. The smallest absolute Gasteiger partial charge is 0.338 e. The number of rotatable bonds is 8. The van der Waals surface area contributed by atoms with Gasteiger partial charge in [-0.3, -0.25) is 19.3 Å². The zero-order valence-corrected chi connectivity index (χ0v) is 20.1. The van der Waals surface area contributed by atoms with Crippen LogP contribution in [0.15, 0.2) is 48.5 Å². The van der Waals surface area contributed by atoms with Crippen LogP contribution in [-0.4, -0.2) is 61.3 Å². The van der Waals surface area contributed by atoms with Crippen LogP contribution in [0.3, 0.4) is 0 Å². The second-order valence-corrected chi connectivity index (χ2v) is 8.99. The van der Waals surface area contributed by atoms with Gasteiger partial charge in [-0.25, -0.2) is 9.69 Å². The second-order valence-electron chi connectivity index (χ2n) is 8.99. The lowest BCUT2D eigenvalue weighted by atomic mass is 9.93. The molecule has 0 aromatic heterocycles. The van der Waals surface area contributed by atoms with Gasteiger partial charge in [-0.2, -0.15) is 0 Å². The molecule has 1 aliphatic heterocycles. The van der Waals surface area contributed by atoms with Gasteiger partial charge in [-0.1, -0.05) is 31.4 Å². The monoisotopic (exact) mass is 478 g/mol. The highest BCUT2D eigenvalue weighted by Crippen LogP contribution is 2.30. The minimum Gasteiger partial charge on any atom is -0.496 e. The number of Topliss-reactive ketones (excluding diaryl/α,β-unsaturated/α-hetero) is 1. The minimum atomic E-state index is -0.672. The standard InChI is InChI=1S/C27H30N2O6/c1-28(19-8-4-3-5-9-19)22-16-25(31)29(26(22)32)20-14-12-18(13-15-20)27(33)35-17-23(30)21-10-6-7-11-24(21)34-2/h6-7,10-15,19,22H,3-5,8-9,16-17H2,1-2H3. The first-order valence-corrected chi connectivity index (χ1v) is 11.9. The molecule has 1 unspecified atom stereocenters. The Labute approximate surface area is 204 Å². The number of ketones is 1. The van der Waals surface area contributed by atoms with E-state index in [0.29, 0.717) is 23.0 Å². The van der Waals surface area contributed by atoms with Crippen LogP contribution in [-0.2, 0) is 14.3 Å². The zero-order valence-electron chi connectivity index (χ0n) is 20.1. The number of imide groups is 1. The number of hydrogen-bond acceptors (Lipinski definition) is 7. The van der Waals surface area contributed by atoms with Gasteiger partial charge in [-0.05, 0) is 56.3 Å². The average molecular weight is 479 g/mol. The number of anilines is 1. The lowest BCUT2D eigenvalue weighted by Crippen LogP contribution is -2.45. The number of nitrogens with zero attached hydrogens (tertiary/aromatic N) is 2. The Morgan fingerprint density at radius 3 is 2.37 bits per heavy atom. The highest BCUT2D eigenvalue weighted by Gasteiger charge is 2.43. The number of amides is 2. The van der Waals surface area contributed by atoms with Crippen molar-refractivity contribution in [2.75, 3.05) is 25.7 Å². The van der Waals surface area contributed by atoms with Crippen molar-refractivity contribution >= 4 is 29.3 Å². The molecule has 0 spiro atoms. The molecule has 4 rings (SSSR count). The van der Waals surface area contributed by atoms with Gasteiger partial charge < -0.3 is 9.47 Å².